The molecule has 0 aromatic heterocycles. The number of aldehydes is 1. The maximum absolute atomic E-state index is 10.7. The average molecular weight is 200 g/mol. The molecule has 0 saturated carbocycles. The number of carbonyl (C=O) groups is 2. The Morgan fingerprint density at radius 3 is 2.43 bits per heavy atom. The molecule has 0 amide bonds. The second-order valence-electron chi connectivity index (χ2n) is 3.71. The molecule has 82 valence electrons. The van der Waals surface area contributed by atoms with Gasteiger partial charge in [-0.25, -0.2) is 0 Å². The van der Waals surface area contributed by atoms with Crippen molar-refractivity contribution in [3.8, 4) is 0 Å². The van der Waals surface area contributed by atoms with E-state index in [1.165, 1.54) is 0 Å². The monoisotopic (exact) mass is 200 g/mol. The van der Waals surface area contributed by atoms with Gasteiger partial charge in [-0.05, 0) is 12.3 Å². The van der Waals surface area contributed by atoms with Crippen LogP contribution in [0.25, 0.3) is 0 Å². The zero-order valence-electron chi connectivity index (χ0n) is 9.03. The van der Waals surface area contributed by atoms with Gasteiger partial charge in [0.15, 0.2) is 0 Å². The molecule has 0 aromatic rings. The van der Waals surface area contributed by atoms with E-state index in [-0.39, 0.29) is 18.3 Å². The second kappa shape index (κ2) is 7.54. The average Bonchev–Trinajstić information content (AvgIpc) is 2.16. The van der Waals surface area contributed by atoms with Crippen LogP contribution in [0.4, 0.5) is 0 Å². The highest BCUT2D eigenvalue weighted by Crippen LogP contribution is 2.23. The molecule has 0 rings (SSSR count). The number of rotatable bonds is 8. The van der Waals surface area contributed by atoms with Crippen molar-refractivity contribution in [2.75, 3.05) is 0 Å². The minimum atomic E-state index is -0.878. The van der Waals surface area contributed by atoms with Gasteiger partial charge in [0, 0.05) is 5.92 Å². The van der Waals surface area contributed by atoms with Crippen LogP contribution in [0, 0.1) is 11.8 Å². The van der Waals surface area contributed by atoms with Crippen molar-refractivity contribution < 1.29 is 14.7 Å². The summed E-state index contributed by atoms with van der Waals surface area (Å²) in [6.07, 6.45) is 4.79. The number of carboxylic acid groups (broad SMARTS) is 1. The summed E-state index contributed by atoms with van der Waals surface area (Å²) in [6.45, 7) is 4.11. The van der Waals surface area contributed by atoms with Gasteiger partial charge in [-0.1, -0.05) is 33.1 Å². The zero-order valence-corrected chi connectivity index (χ0v) is 9.03. The highest BCUT2D eigenvalue weighted by atomic mass is 16.4. The molecule has 1 N–H and O–H groups in total. The maximum Gasteiger partial charge on any atom is 0.304 e. The van der Waals surface area contributed by atoms with Crippen LogP contribution in [0.15, 0.2) is 0 Å². The Bertz CT molecular complexity index is 177. The lowest BCUT2D eigenvalue weighted by atomic mass is 9.85. The van der Waals surface area contributed by atoms with E-state index in [4.69, 9.17) is 5.11 Å². The summed E-state index contributed by atoms with van der Waals surface area (Å²) in [5.74, 6) is -0.940. The standard InChI is InChI=1S/C11H20O3/c1-3-5-6-9(4-2)10(8-12)7-11(13)14/h8-10H,3-7H2,1-2H3,(H,13,14). The molecule has 0 aliphatic rings. The van der Waals surface area contributed by atoms with E-state index in [1.54, 1.807) is 0 Å². The van der Waals surface area contributed by atoms with Crippen molar-refractivity contribution in [1.82, 2.24) is 0 Å². The van der Waals surface area contributed by atoms with Crippen LogP contribution in [0.2, 0.25) is 0 Å². The van der Waals surface area contributed by atoms with E-state index in [9.17, 15) is 9.59 Å². The van der Waals surface area contributed by atoms with Crippen molar-refractivity contribution in [3.05, 3.63) is 0 Å². The molecule has 3 heteroatoms. The Labute approximate surface area is 85.5 Å². The van der Waals surface area contributed by atoms with Gasteiger partial charge < -0.3 is 9.90 Å². The van der Waals surface area contributed by atoms with Gasteiger partial charge in [0.2, 0.25) is 0 Å². The topological polar surface area (TPSA) is 54.4 Å². The molecule has 0 aromatic carbocycles. The van der Waals surface area contributed by atoms with Crippen LogP contribution in [0.3, 0.4) is 0 Å². The lowest BCUT2D eigenvalue weighted by Crippen LogP contribution is -2.19. The van der Waals surface area contributed by atoms with Gasteiger partial charge in [0.05, 0.1) is 6.42 Å². The Morgan fingerprint density at radius 2 is 2.07 bits per heavy atom. The summed E-state index contributed by atoms with van der Waals surface area (Å²) in [5, 5.41) is 8.63. The van der Waals surface area contributed by atoms with E-state index in [2.05, 4.69) is 6.92 Å². The molecule has 3 nitrogen and oxygen atoms in total. The summed E-state index contributed by atoms with van der Waals surface area (Å²) in [5.41, 5.74) is 0. The number of hydrogen-bond donors (Lipinski definition) is 1. The summed E-state index contributed by atoms with van der Waals surface area (Å²) in [4.78, 5) is 21.2. The molecule has 0 saturated heterocycles. The smallest absolute Gasteiger partial charge is 0.304 e. The Balaban J connectivity index is 4.13. The largest absolute Gasteiger partial charge is 0.481 e. The minimum Gasteiger partial charge on any atom is -0.481 e. The van der Waals surface area contributed by atoms with Crippen LogP contribution in [0.1, 0.15) is 46.0 Å². The summed E-state index contributed by atoms with van der Waals surface area (Å²) in [7, 11) is 0. The van der Waals surface area contributed by atoms with Crippen molar-refractivity contribution in [2.45, 2.75) is 46.0 Å². The fourth-order valence-corrected chi connectivity index (χ4v) is 1.71. The van der Waals surface area contributed by atoms with Crippen molar-refractivity contribution in [3.63, 3.8) is 0 Å². The normalized spacial score (nSPS) is 14.7. The first-order valence-electron chi connectivity index (χ1n) is 5.32. The molecule has 0 heterocycles. The van der Waals surface area contributed by atoms with E-state index in [0.717, 1.165) is 32.0 Å². The van der Waals surface area contributed by atoms with E-state index < -0.39 is 5.97 Å². The Kier molecular flexibility index (Phi) is 7.07. The number of hydrogen-bond acceptors (Lipinski definition) is 2. The highest BCUT2D eigenvalue weighted by Gasteiger charge is 2.21. The van der Waals surface area contributed by atoms with Gasteiger partial charge in [0.25, 0.3) is 0 Å². The fourth-order valence-electron chi connectivity index (χ4n) is 1.71. The van der Waals surface area contributed by atoms with Crippen LogP contribution in [-0.4, -0.2) is 17.4 Å². The minimum absolute atomic E-state index is 0.0221. The third kappa shape index (κ3) is 5.00. The van der Waals surface area contributed by atoms with E-state index in [0.29, 0.717) is 0 Å². The van der Waals surface area contributed by atoms with Gasteiger partial charge in [-0.3, -0.25) is 4.79 Å². The molecular weight excluding hydrogens is 180 g/mol. The van der Waals surface area contributed by atoms with E-state index >= 15 is 0 Å². The predicted molar refractivity (Wildman–Crippen MR) is 55.1 cm³/mol. The molecule has 2 atom stereocenters. The summed E-state index contributed by atoms with van der Waals surface area (Å²) >= 11 is 0. The maximum atomic E-state index is 10.7. The summed E-state index contributed by atoms with van der Waals surface area (Å²) < 4.78 is 0. The third-order valence-electron chi connectivity index (χ3n) is 2.64. The molecule has 0 aliphatic heterocycles. The first-order valence-corrected chi connectivity index (χ1v) is 5.32. The predicted octanol–water partition coefficient (Wildman–Crippen LogP) is 2.49. The molecule has 0 fully saturated rings. The van der Waals surface area contributed by atoms with Crippen molar-refractivity contribution in [1.29, 1.82) is 0 Å². The lowest BCUT2D eigenvalue weighted by molar-refractivity contribution is -0.140. The number of aliphatic carboxylic acids is 1. The van der Waals surface area contributed by atoms with Gasteiger partial charge >= 0.3 is 5.97 Å². The number of unbranched alkanes of at least 4 members (excludes halogenated alkanes) is 1. The number of carbonyl (C=O) groups excluding carboxylic acids is 1. The molecule has 0 spiro atoms. The zero-order chi connectivity index (χ0) is 11.0. The van der Waals surface area contributed by atoms with Crippen LogP contribution in [0.5, 0.6) is 0 Å². The van der Waals surface area contributed by atoms with Crippen LogP contribution in [-0.2, 0) is 9.59 Å². The van der Waals surface area contributed by atoms with Crippen LogP contribution >= 0.6 is 0 Å². The second-order valence-corrected chi connectivity index (χ2v) is 3.71. The van der Waals surface area contributed by atoms with Crippen molar-refractivity contribution in [2.24, 2.45) is 11.8 Å². The van der Waals surface area contributed by atoms with E-state index in [1.807, 2.05) is 6.92 Å². The SMILES string of the molecule is CCCCC(CC)C(C=O)CC(=O)O. The molecule has 0 bridgehead atoms. The molecule has 0 radical (unpaired) electrons. The quantitative estimate of drug-likeness (QED) is 0.612. The molecule has 2 unspecified atom stereocenters. The fraction of sp³-hybridized carbons (Fsp3) is 0.818. The lowest BCUT2D eigenvalue weighted by Gasteiger charge is -2.19. The molecule has 0 aliphatic carbocycles. The van der Waals surface area contributed by atoms with Crippen molar-refractivity contribution >= 4 is 12.3 Å². The first kappa shape index (κ1) is 13.1. The number of carboxylic acids is 1. The summed E-state index contributed by atoms with van der Waals surface area (Å²) in [6, 6.07) is 0. The van der Waals surface area contributed by atoms with Crippen LogP contribution < -0.4 is 0 Å². The first-order chi connectivity index (χ1) is 6.65. The molecule has 14 heavy (non-hydrogen) atoms. The van der Waals surface area contributed by atoms with Gasteiger partial charge in [0.1, 0.15) is 6.29 Å². The van der Waals surface area contributed by atoms with Gasteiger partial charge in [-0.2, -0.15) is 0 Å². The van der Waals surface area contributed by atoms with Gasteiger partial charge in [-0.15, -0.1) is 0 Å². The third-order valence-corrected chi connectivity index (χ3v) is 2.64. The Hall–Kier alpha value is -0.860. The molecular formula is C11H20O3. The highest BCUT2D eigenvalue weighted by molar-refractivity contribution is 5.71. The Morgan fingerprint density at radius 1 is 1.43 bits per heavy atom.